The van der Waals surface area contributed by atoms with Crippen LogP contribution >= 0.6 is 7.82 Å². The maximum Gasteiger partial charge on any atom is 0.469 e. The van der Waals surface area contributed by atoms with Crippen LogP contribution in [0.15, 0.2) is 0 Å². The number of phosphoric acid groups is 1. The molecule has 11 nitrogen and oxygen atoms in total. The Hall–Kier alpha value is -0.750. The summed E-state index contributed by atoms with van der Waals surface area (Å²) in [4.78, 5) is 36.2. The van der Waals surface area contributed by atoms with Crippen molar-refractivity contribution in [3.63, 3.8) is 0 Å². The molecular formula is C8H17O11P. The minimum atomic E-state index is -4.81. The molecule has 0 rings (SSSR count). The lowest BCUT2D eigenvalue weighted by molar-refractivity contribution is -0.142. The largest absolute Gasteiger partial charge is 0.469 e. The van der Waals surface area contributed by atoms with E-state index in [0.29, 0.717) is 6.29 Å². The zero-order valence-corrected chi connectivity index (χ0v) is 11.0. The molecule has 0 amide bonds. The first-order valence-electron chi connectivity index (χ1n) is 5.03. The van der Waals surface area contributed by atoms with E-state index in [2.05, 4.69) is 4.52 Å². The molecule has 0 heterocycles. The highest BCUT2D eigenvalue weighted by Gasteiger charge is 2.31. The smallest absolute Gasteiger partial charge is 0.389 e. The zero-order chi connectivity index (χ0) is 16.3. The fourth-order valence-electron chi connectivity index (χ4n) is 0.766. The minimum absolute atomic E-state index is 0.361. The number of hydrogen-bond acceptors (Lipinski definition) is 9. The van der Waals surface area contributed by atoms with Crippen molar-refractivity contribution in [2.24, 2.45) is 0 Å². The highest BCUT2D eigenvalue weighted by Crippen LogP contribution is 2.35. The first kappa shape index (κ1) is 21.5. The van der Waals surface area contributed by atoms with E-state index < -0.39 is 45.1 Å². The number of carbonyl (C=O) groups excluding carboxylic acids is 2. The molecule has 0 aliphatic rings. The van der Waals surface area contributed by atoms with Crippen molar-refractivity contribution >= 4 is 19.9 Å². The van der Waals surface area contributed by atoms with E-state index in [1.807, 2.05) is 0 Å². The molecule has 0 bridgehead atoms. The lowest BCUT2D eigenvalue weighted by Gasteiger charge is -2.21. The van der Waals surface area contributed by atoms with Crippen LogP contribution in [-0.4, -0.2) is 85.5 Å². The van der Waals surface area contributed by atoms with E-state index in [9.17, 15) is 9.36 Å². The van der Waals surface area contributed by atoms with Gasteiger partial charge >= 0.3 is 7.82 Å². The van der Waals surface area contributed by atoms with Gasteiger partial charge in [-0.05, 0) is 0 Å². The lowest BCUT2D eigenvalue weighted by atomic mass is 10.1. The van der Waals surface area contributed by atoms with Gasteiger partial charge in [-0.25, -0.2) is 4.57 Å². The molecule has 0 aromatic carbocycles. The third kappa shape index (κ3) is 11.1. The van der Waals surface area contributed by atoms with Crippen molar-refractivity contribution in [1.82, 2.24) is 0 Å². The molecule has 0 aromatic rings. The number of phosphoric ester groups is 1. The Balaban J connectivity index is 0. The molecular weight excluding hydrogens is 303 g/mol. The second kappa shape index (κ2) is 11.0. The Morgan fingerprint density at radius 2 is 1.65 bits per heavy atom. The summed E-state index contributed by atoms with van der Waals surface area (Å²) >= 11 is 0. The van der Waals surface area contributed by atoms with Gasteiger partial charge in [-0.1, -0.05) is 0 Å². The molecule has 0 fully saturated rings. The molecule has 120 valence electrons. The van der Waals surface area contributed by atoms with Gasteiger partial charge in [0.1, 0.15) is 31.2 Å². The molecule has 7 N–H and O–H groups in total. The number of aliphatic hydroxyl groups is 5. The average molecular weight is 320 g/mol. The highest BCUT2D eigenvalue weighted by molar-refractivity contribution is 7.46. The van der Waals surface area contributed by atoms with Gasteiger partial charge < -0.3 is 40.1 Å². The van der Waals surface area contributed by atoms with Gasteiger partial charge in [-0.2, -0.15) is 0 Å². The van der Waals surface area contributed by atoms with Crippen LogP contribution in [0.3, 0.4) is 0 Å². The molecule has 3 atom stereocenters. The summed E-state index contributed by atoms with van der Waals surface area (Å²) in [5.74, 6) is -1.14. The van der Waals surface area contributed by atoms with E-state index in [1.165, 1.54) is 0 Å². The second-order valence-corrected chi connectivity index (χ2v) is 4.50. The first-order valence-corrected chi connectivity index (χ1v) is 6.56. The lowest BCUT2D eigenvalue weighted by Crippen LogP contribution is -2.45. The fraction of sp³-hybridized carbons (Fsp3) is 0.750. The molecule has 20 heavy (non-hydrogen) atoms. The number of aldehydes is 1. The summed E-state index contributed by atoms with van der Waals surface area (Å²) in [6.07, 6.45) is -5.51. The number of hydrogen-bond donors (Lipinski definition) is 7. The van der Waals surface area contributed by atoms with Crippen LogP contribution in [-0.2, 0) is 18.7 Å². The van der Waals surface area contributed by atoms with Crippen molar-refractivity contribution < 1.29 is 54.0 Å². The maximum atomic E-state index is 10.7. The quantitative estimate of drug-likeness (QED) is 0.169. The Morgan fingerprint density at radius 1 is 1.20 bits per heavy atom. The third-order valence-corrected chi connectivity index (χ3v) is 2.18. The van der Waals surface area contributed by atoms with Gasteiger partial charge in [-0.15, -0.1) is 0 Å². The number of rotatable bonds is 8. The molecule has 0 aromatic heterocycles. The standard InChI is InChI=1S/C6H13O9P.C2H4O2/c7-1-3(8)5(10)6(11)4(9)2-15-16(12,13)14;3-1-2-4/h4-7,9-11H,1-2H2,(H2,12,13,14);1,4H,2H2/t4-,5-,6-;/m1./s1. The Morgan fingerprint density at radius 3 is 1.95 bits per heavy atom. The number of ketones is 1. The number of carbonyl (C=O) groups is 2. The summed E-state index contributed by atoms with van der Waals surface area (Å²) in [6.45, 7) is -2.37. The van der Waals surface area contributed by atoms with E-state index in [4.69, 9.17) is 40.1 Å². The summed E-state index contributed by atoms with van der Waals surface area (Å²) in [7, 11) is -4.81. The SMILES string of the molecule is O=C(CO)[C@@H](O)[C@H](O)[C@H](O)COP(=O)(O)O.O=CCO. The molecule has 12 heteroatoms. The fourth-order valence-corrected chi connectivity index (χ4v) is 1.11. The van der Waals surface area contributed by atoms with Crippen molar-refractivity contribution in [2.75, 3.05) is 19.8 Å². The molecule has 0 radical (unpaired) electrons. The minimum Gasteiger partial charge on any atom is -0.389 e. The van der Waals surface area contributed by atoms with Gasteiger partial charge in [0.25, 0.3) is 0 Å². The maximum absolute atomic E-state index is 10.7. The van der Waals surface area contributed by atoms with Crippen molar-refractivity contribution in [2.45, 2.75) is 18.3 Å². The van der Waals surface area contributed by atoms with E-state index in [1.54, 1.807) is 0 Å². The highest BCUT2D eigenvalue weighted by atomic mass is 31.2. The first-order chi connectivity index (χ1) is 9.10. The van der Waals surface area contributed by atoms with Crippen LogP contribution in [0.1, 0.15) is 0 Å². The monoisotopic (exact) mass is 320 g/mol. The van der Waals surface area contributed by atoms with Crippen LogP contribution < -0.4 is 0 Å². The Labute approximate surface area is 113 Å². The summed E-state index contributed by atoms with van der Waals surface area (Å²) in [5, 5.41) is 43.1. The van der Waals surface area contributed by atoms with E-state index in [-0.39, 0.29) is 6.61 Å². The molecule has 0 saturated heterocycles. The summed E-state index contributed by atoms with van der Waals surface area (Å²) in [6, 6.07) is 0. The van der Waals surface area contributed by atoms with Crippen molar-refractivity contribution in [3.05, 3.63) is 0 Å². The van der Waals surface area contributed by atoms with Crippen LogP contribution in [0.4, 0.5) is 0 Å². The van der Waals surface area contributed by atoms with Crippen LogP contribution in [0.25, 0.3) is 0 Å². The van der Waals surface area contributed by atoms with Crippen LogP contribution in [0, 0.1) is 0 Å². The predicted octanol–water partition coefficient (Wildman–Crippen LogP) is -4.08. The van der Waals surface area contributed by atoms with Gasteiger partial charge in [0, 0.05) is 0 Å². The van der Waals surface area contributed by atoms with E-state index >= 15 is 0 Å². The molecule has 0 spiro atoms. The average Bonchev–Trinajstić information content (AvgIpc) is 2.41. The van der Waals surface area contributed by atoms with Crippen molar-refractivity contribution in [3.8, 4) is 0 Å². The van der Waals surface area contributed by atoms with Crippen LogP contribution in [0.2, 0.25) is 0 Å². The normalized spacial score (nSPS) is 15.6. The summed E-state index contributed by atoms with van der Waals surface area (Å²) in [5.41, 5.74) is 0. The van der Waals surface area contributed by atoms with Gasteiger partial charge in [0.05, 0.1) is 13.2 Å². The Bertz CT molecular complexity index is 326. The molecule has 0 aliphatic carbocycles. The number of aliphatic hydroxyl groups excluding tert-OH is 5. The summed E-state index contributed by atoms with van der Waals surface area (Å²) < 4.78 is 14.1. The second-order valence-electron chi connectivity index (χ2n) is 3.26. The zero-order valence-electron chi connectivity index (χ0n) is 10.1. The topological polar surface area (TPSA) is 202 Å². The van der Waals surface area contributed by atoms with Crippen LogP contribution in [0.5, 0.6) is 0 Å². The molecule has 0 saturated carbocycles. The third-order valence-electron chi connectivity index (χ3n) is 1.69. The van der Waals surface area contributed by atoms with E-state index in [0.717, 1.165) is 0 Å². The molecule has 0 aliphatic heterocycles. The van der Waals surface area contributed by atoms with Gasteiger partial charge in [0.15, 0.2) is 5.78 Å². The number of Topliss-reactive ketones (excluding diaryl/α,β-unsaturated/α-hetero) is 1. The molecule has 0 unspecified atom stereocenters. The predicted molar refractivity (Wildman–Crippen MR) is 61.3 cm³/mol. The van der Waals surface area contributed by atoms with Crippen molar-refractivity contribution in [1.29, 1.82) is 0 Å². The van der Waals surface area contributed by atoms with Gasteiger partial charge in [-0.3, -0.25) is 9.32 Å². The Kier molecular flexibility index (Phi) is 11.8. The van der Waals surface area contributed by atoms with Gasteiger partial charge in [0.2, 0.25) is 0 Å².